The molecule has 0 unspecified atom stereocenters. The average Bonchev–Trinajstić information content (AvgIpc) is 3.42. The summed E-state index contributed by atoms with van der Waals surface area (Å²) in [5.74, 6) is 1.26. The van der Waals surface area contributed by atoms with E-state index in [0.717, 1.165) is 13.4 Å². The number of rotatable bonds is 3. The molecule has 0 heterocycles. The Labute approximate surface area is 225 Å². The molecule has 6 aliphatic carbocycles. The first-order chi connectivity index (χ1) is 16.6. The standard InChI is InChI=1S/C31H18Br3/c32-22-7-1-19-4-13-28(25(19)16-10-22)31(29-14-5-20-2-8-23(33)11-17-26(20)29)30-15-6-21-3-9-24(34)12-18-27(21)30/h1-18H/q+1. The zero-order valence-corrected chi connectivity index (χ0v) is 22.8. The lowest BCUT2D eigenvalue weighted by Gasteiger charge is -2.14. The van der Waals surface area contributed by atoms with E-state index >= 15 is 0 Å². The van der Waals surface area contributed by atoms with Crippen molar-refractivity contribution in [2.75, 3.05) is 0 Å². The maximum absolute atomic E-state index is 3.64. The highest BCUT2D eigenvalue weighted by Gasteiger charge is 2.33. The summed E-state index contributed by atoms with van der Waals surface area (Å²) in [4.78, 5) is 0. The van der Waals surface area contributed by atoms with Crippen LogP contribution in [-0.4, -0.2) is 0 Å². The van der Waals surface area contributed by atoms with Crippen molar-refractivity contribution in [3.05, 3.63) is 145 Å². The van der Waals surface area contributed by atoms with E-state index < -0.39 is 0 Å². The van der Waals surface area contributed by atoms with Crippen LogP contribution >= 0.6 is 47.8 Å². The van der Waals surface area contributed by atoms with E-state index in [1.807, 2.05) is 0 Å². The molecule has 0 N–H and O–H groups in total. The topological polar surface area (TPSA) is 0 Å². The Morgan fingerprint density at radius 2 is 0.588 bits per heavy atom. The third kappa shape index (κ3) is 3.86. The van der Waals surface area contributed by atoms with Gasteiger partial charge in [0, 0.05) is 46.8 Å². The van der Waals surface area contributed by atoms with Crippen molar-refractivity contribution in [2.24, 2.45) is 0 Å². The van der Waals surface area contributed by atoms with Crippen LogP contribution in [0.4, 0.5) is 0 Å². The van der Waals surface area contributed by atoms with Crippen LogP contribution in [0.2, 0.25) is 0 Å². The second-order valence-electron chi connectivity index (χ2n) is 8.38. The minimum atomic E-state index is 1.07. The summed E-state index contributed by atoms with van der Waals surface area (Å²) in [5, 5.41) is 0. The number of hydrogen-bond donors (Lipinski definition) is 0. The molecule has 0 fully saturated rings. The summed E-state index contributed by atoms with van der Waals surface area (Å²) < 4.78 is 3.22. The molecule has 162 valence electrons. The van der Waals surface area contributed by atoms with E-state index in [-0.39, 0.29) is 0 Å². The van der Waals surface area contributed by atoms with Gasteiger partial charge in [0.1, 0.15) is 0 Å². The lowest BCUT2D eigenvalue weighted by atomic mass is 9.82. The fourth-order valence-corrected chi connectivity index (χ4v) is 5.56. The quantitative estimate of drug-likeness (QED) is 0.171. The average molecular weight is 630 g/mol. The van der Waals surface area contributed by atoms with Gasteiger partial charge in [0.15, 0.2) is 0 Å². The van der Waals surface area contributed by atoms with E-state index in [1.54, 1.807) is 0 Å². The molecule has 0 nitrogen and oxygen atoms in total. The molecule has 0 aliphatic heterocycles. The summed E-state index contributed by atoms with van der Waals surface area (Å²) in [6.07, 6.45) is 0. The molecule has 0 saturated carbocycles. The number of fused-ring (bicyclic) bond motifs is 3. The van der Waals surface area contributed by atoms with Crippen LogP contribution < -0.4 is 0 Å². The van der Waals surface area contributed by atoms with Gasteiger partial charge in [-0.1, -0.05) is 47.8 Å². The Morgan fingerprint density at radius 3 is 0.912 bits per heavy atom. The molecule has 0 saturated heterocycles. The van der Waals surface area contributed by atoms with E-state index in [2.05, 4.69) is 157 Å². The molecule has 34 heavy (non-hydrogen) atoms. The summed E-state index contributed by atoms with van der Waals surface area (Å²) in [5.41, 5.74) is 11.1. The second-order valence-corrected chi connectivity index (χ2v) is 11.1. The number of hydrogen-bond acceptors (Lipinski definition) is 0. The summed E-state index contributed by atoms with van der Waals surface area (Å²) in [6.45, 7) is 0. The van der Waals surface area contributed by atoms with E-state index in [0.29, 0.717) is 0 Å². The van der Waals surface area contributed by atoms with Gasteiger partial charge in [-0.05, 0) is 109 Å². The Morgan fingerprint density at radius 1 is 0.324 bits per heavy atom. The summed E-state index contributed by atoms with van der Waals surface area (Å²) in [6, 6.07) is 39.4. The highest BCUT2D eigenvalue weighted by atomic mass is 79.9. The van der Waals surface area contributed by atoms with Crippen molar-refractivity contribution < 1.29 is 0 Å². The largest absolute Gasteiger partial charge is 0.0651 e. The van der Waals surface area contributed by atoms with Gasteiger partial charge in [0.05, 0.1) is 22.6 Å². The van der Waals surface area contributed by atoms with Gasteiger partial charge < -0.3 is 0 Å². The van der Waals surface area contributed by atoms with Gasteiger partial charge in [0.25, 0.3) is 0 Å². The molecule has 0 aromatic carbocycles. The molecule has 0 amide bonds. The molecule has 0 radical (unpaired) electrons. The van der Waals surface area contributed by atoms with Crippen LogP contribution in [-0.2, 0) is 0 Å². The molecule has 6 rings (SSSR count). The van der Waals surface area contributed by atoms with Gasteiger partial charge in [-0.2, -0.15) is 0 Å². The molecule has 0 bridgehead atoms. The third-order valence-electron chi connectivity index (χ3n) is 6.39. The maximum Gasteiger partial charge on any atom is 0.0651 e. The Hall–Kier alpha value is -2.59. The predicted molar refractivity (Wildman–Crippen MR) is 153 cm³/mol. The molecule has 0 spiro atoms. The van der Waals surface area contributed by atoms with E-state index in [4.69, 9.17) is 0 Å². The molecule has 6 aliphatic rings. The lowest BCUT2D eigenvalue weighted by molar-refractivity contribution is 1.28. The Kier molecular flexibility index (Phi) is 5.73. The van der Waals surface area contributed by atoms with Crippen LogP contribution in [0.1, 0.15) is 16.7 Å². The minimum Gasteiger partial charge on any atom is -0.0508 e. The molecule has 0 atom stereocenters. The van der Waals surface area contributed by atoms with E-state index in [9.17, 15) is 0 Å². The highest BCUT2D eigenvalue weighted by molar-refractivity contribution is 9.11. The van der Waals surface area contributed by atoms with Gasteiger partial charge in [-0.25, -0.2) is 0 Å². The zero-order chi connectivity index (χ0) is 23.2. The van der Waals surface area contributed by atoms with E-state index in [1.165, 1.54) is 56.0 Å². The van der Waals surface area contributed by atoms with Crippen LogP contribution in [0.3, 0.4) is 0 Å². The maximum atomic E-state index is 3.64. The first kappa shape index (κ1) is 21.9. The van der Waals surface area contributed by atoms with Gasteiger partial charge in [0.2, 0.25) is 0 Å². The van der Waals surface area contributed by atoms with Gasteiger partial charge in [-0.15, -0.1) is 0 Å². The zero-order valence-electron chi connectivity index (χ0n) is 18.0. The van der Waals surface area contributed by atoms with Crippen molar-refractivity contribution in [2.45, 2.75) is 0 Å². The van der Waals surface area contributed by atoms with Crippen molar-refractivity contribution in [1.82, 2.24) is 0 Å². The first-order valence-electron chi connectivity index (χ1n) is 11.0. The third-order valence-corrected chi connectivity index (χ3v) is 7.98. The van der Waals surface area contributed by atoms with Gasteiger partial charge >= 0.3 is 0 Å². The molecule has 0 aromatic rings. The van der Waals surface area contributed by atoms with Crippen molar-refractivity contribution >= 4 is 47.8 Å². The predicted octanol–water partition coefficient (Wildman–Crippen LogP) is 10.3. The van der Waals surface area contributed by atoms with Crippen LogP contribution in [0.15, 0.2) is 123 Å². The smallest absolute Gasteiger partial charge is 0.0508 e. The minimum absolute atomic E-state index is 1.07. The first-order valence-corrected chi connectivity index (χ1v) is 13.4. The van der Waals surface area contributed by atoms with Crippen molar-refractivity contribution in [3.8, 4) is 33.4 Å². The molecular formula is C31H18Br3+. The highest BCUT2D eigenvalue weighted by Crippen LogP contribution is 2.47. The summed E-state index contributed by atoms with van der Waals surface area (Å²) >= 11 is 10.9. The fraction of sp³-hybridized carbons (Fsp3) is 0. The Bertz CT molecular complexity index is 1360. The van der Waals surface area contributed by atoms with Crippen LogP contribution in [0, 0.1) is 5.92 Å². The van der Waals surface area contributed by atoms with Crippen molar-refractivity contribution in [1.29, 1.82) is 0 Å². The van der Waals surface area contributed by atoms with Crippen LogP contribution in [0.5, 0.6) is 0 Å². The normalized spacial score (nSPS) is 11.4. The Balaban J connectivity index is 1.64. The van der Waals surface area contributed by atoms with Crippen molar-refractivity contribution in [3.63, 3.8) is 0 Å². The molecule has 0 aromatic heterocycles. The number of halogens is 3. The van der Waals surface area contributed by atoms with Gasteiger partial charge in [-0.3, -0.25) is 0 Å². The van der Waals surface area contributed by atoms with Crippen LogP contribution in [0.25, 0.3) is 33.4 Å². The lowest BCUT2D eigenvalue weighted by Crippen LogP contribution is -2.04. The second kappa shape index (κ2) is 8.88. The molecular weight excluding hydrogens is 612 g/mol. The SMILES string of the molecule is Brc1ccc2ccc([C+](c3ccc4ccc(Br)ccc3-4)c3ccc4ccc(Br)ccc3-4)c-2cc1. The monoisotopic (exact) mass is 627 g/mol. The fourth-order valence-electron chi connectivity index (χ4n) is 4.77. The molecule has 3 heteroatoms. The summed E-state index contributed by atoms with van der Waals surface area (Å²) in [7, 11) is 0.